The first-order chi connectivity index (χ1) is 14.8. The van der Waals surface area contributed by atoms with Gasteiger partial charge in [-0.2, -0.15) is 4.98 Å². The molecule has 0 fully saturated rings. The maximum Gasteiger partial charge on any atom is 0.234 e. The van der Waals surface area contributed by atoms with Crippen molar-refractivity contribution in [3.8, 4) is 11.5 Å². The van der Waals surface area contributed by atoms with Gasteiger partial charge in [-0.05, 0) is 66.2 Å². The van der Waals surface area contributed by atoms with Gasteiger partial charge in [-0.1, -0.05) is 28.1 Å². The molecule has 0 bridgehead atoms. The molecule has 158 valence electrons. The van der Waals surface area contributed by atoms with E-state index in [1.807, 2.05) is 0 Å². The largest absolute Gasteiger partial charge is 0.419 e. The van der Waals surface area contributed by atoms with E-state index in [1.165, 1.54) is 48.5 Å². The highest BCUT2D eigenvalue weighted by Gasteiger charge is 2.28. The van der Waals surface area contributed by atoms with Crippen LogP contribution < -0.4 is 5.32 Å². The van der Waals surface area contributed by atoms with Crippen molar-refractivity contribution in [1.29, 1.82) is 0 Å². The fraction of sp³-hybridized carbons (Fsp3) is 0.0455. The lowest BCUT2D eigenvalue weighted by Crippen LogP contribution is -2.07. The van der Waals surface area contributed by atoms with Gasteiger partial charge in [0.2, 0.25) is 26.6 Å². The number of hydrogen-bond acceptors (Lipinski definition) is 5. The molecule has 0 radical (unpaired) electrons. The summed E-state index contributed by atoms with van der Waals surface area (Å²) in [6.45, 7) is 0.182. The van der Waals surface area contributed by atoms with Crippen molar-refractivity contribution >= 4 is 31.7 Å². The van der Waals surface area contributed by atoms with Crippen LogP contribution in [0.5, 0.6) is 0 Å². The second-order valence-electron chi connectivity index (χ2n) is 6.60. The Kier molecular flexibility index (Phi) is 5.88. The van der Waals surface area contributed by atoms with E-state index in [9.17, 15) is 17.2 Å². The second-order valence-corrected chi connectivity index (χ2v) is 9.38. The van der Waals surface area contributed by atoms with Crippen molar-refractivity contribution in [2.45, 2.75) is 16.5 Å². The highest BCUT2D eigenvalue weighted by molar-refractivity contribution is 9.10. The van der Waals surface area contributed by atoms with Gasteiger partial charge in [0, 0.05) is 16.6 Å². The van der Waals surface area contributed by atoms with Gasteiger partial charge in [0.15, 0.2) is 0 Å². The van der Waals surface area contributed by atoms with Crippen LogP contribution in [0.15, 0.2) is 91.6 Å². The predicted octanol–water partition coefficient (Wildman–Crippen LogP) is 5.83. The molecule has 0 unspecified atom stereocenters. The van der Waals surface area contributed by atoms with E-state index in [1.54, 1.807) is 24.3 Å². The highest BCUT2D eigenvalue weighted by Crippen LogP contribution is 2.33. The maximum absolute atomic E-state index is 13.3. The topological polar surface area (TPSA) is 72.2 Å². The van der Waals surface area contributed by atoms with Crippen LogP contribution in [0, 0.1) is 11.6 Å². The number of halogens is 3. The Morgan fingerprint density at radius 2 is 1.45 bits per heavy atom. The lowest BCUT2D eigenvalue weighted by Gasteiger charge is -2.06. The number of nitrogens with one attached hydrogen (secondary N) is 1. The van der Waals surface area contributed by atoms with Crippen LogP contribution in [0.2, 0.25) is 0 Å². The van der Waals surface area contributed by atoms with Gasteiger partial charge >= 0.3 is 0 Å². The first-order valence-corrected chi connectivity index (χ1v) is 11.4. The molecule has 1 N–H and O–H groups in total. The Balaban J connectivity index is 1.74. The molecule has 5 nitrogen and oxygen atoms in total. The molecule has 4 aromatic rings. The quantitative estimate of drug-likeness (QED) is 0.357. The van der Waals surface area contributed by atoms with E-state index >= 15 is 0 Å². The fourth-order valence-electron chi connectivity index (χ4n) is 2.83. The number of oxazole rings is 1. The number of anilines is 1. The minimum atomic E-state index is -4.02. The lowest BCUT2D eigenvalue weighted by atomic mass is 10.2. The summed E-state index contributed by atoms with van der Waals surface area (Å²) >= 11 is 3.28. The zero-order valence-corrected chi connectivity index (χ0v) is 18.3. The molecule has 0 saturated heterocycles. The number of benzene rings is 3. The third kappa shape index (κ3) is 4.67. The van der Waals surface area contributed by atoms with Crippen LogP contribution >= 0.6 is 15.9 Å². The summed E-state index contributed by atoms with van der Waals surface area (Å²) in [5, 5.41) is 2.63. The molecule has 9 heteroatoms. The highest BCUT2D eigenvalue weighted by atomic mass is 79.9. The fourth-order valence-corrected chi connectivity index (χ4v) is 4.37. The molecular formula is C22H15BrF2N2O3S. The van der Waals surface area contributed by atoms with Gasteiger partial charge in [-0.25, -0.2) is 17.2 Å². The molecule has 0 saturated carbocycles. The van der Waals surface area contributed by atoms with Crippen LogP contribution in [0.25, 0.3) is 11.5 Å². The maximum atomic E-state index is 13.3. The van der Waals surface area contributed by atoms with Gasteiger partial charge < -0.3 is 9.73 Å². The van der Waals surface area contributed by atoms with Crippen molar-refractivity contribution in [3.63, 3.8) is 0 Å². The summed E-state index contributed by atoms with van der Waals surface area (Å²) in [6.07, 6.45) is 0. The van der Waals surface area contributed by atoms with Crippen molar-refractivity contribution in [3.05, 3.63) is 94.5 Å². The van der Waals surface area contributed by atoms with Crippen molar-refractivity contribution in [2.24, 2.45) is 0 Å². The SMILES string of the molecule is O=S(=O)(c1ccc(Br)cc1)c1nc(-c2ccc(F)cc2)oc1NCc1ccc(F)cc1. The number of hydrogen-bond donors (Lipinski definition) is 1. The zero-order chi connectivity index (χ0) is 22.0. The van der Waals surface area contributed by atoms with Crippen LogP contribution in [-0.4, -0.2) is 13.4 Å². The van der Waals surface area contributed by atoms with Crippen LogP contribution in [0.4, 0.5) is 14.7 Å². The smallest absolute Gasteiger partial charge is 0.234 e. The van der Waals surface area contributed by atoms with E-state index < -0.39 is 15.7 Å². The van der Waals surface area contributed by atoms with Crippen molar-refractivity contribution < 1.29 is 21.6 Å². The molecule has 31 heavy (non-hydrogen) atoms. The van der Waals surface area contributed by atoms with Gasteiger partial charge in [-0.15, -0.1) is 0 Å². The predicted molar refractivity (Wildman–Crippen MR) is 115 cm³/mol. The molecule has 0 aliphatic heterocycles. The minimum Gasteiger partial charge on any atom is -0.419 e. The van der Waals surface area contributed by atoms with Crippen LogP contribution in [0.1, 0.15) is 5.56 Å². The van der Waals surface area contributed by atoms with E-state index in [2.05, 4.69) is 26.2 Å². The summed E-state index contributed by atoms with van der Waals surface area (Å²) in [6, 6.07) is 17.2. The third-order valence-corrected chi connectivity index (χ3v) is 6.64. The first kappa shape index (κ1) is 21.2. The number of sulfone groups is 1. The van der Waals surface area contributed by atoms with Crippen molar-refractivity contribution in [1.82, 2.24) is 4.98 Å². The normalized spacial score (nSPS) is 11.5. The Hall–Kier alpha value is -3.04. The Labute approximate surface area is 185 Å². The Morgan fingerprint density at radius 1 is 0.871 bits per heavy atom. The molecule has 0 amide bonds. The molecule has 0 spiro atoms. The molecular weight excluding hydrogens is 490 g/mol. The van der Waals surface area contributed by atoms with Gasteiger partial charge in [0.25, 0.3) is 0 Å². The molecule has 0 aliphatic rings. The molecule has 0 atom stereocenters. The summed E-state index contributed by atoms with van der Waals surface area (Å²) in [5.41, 5.74) is 1.14. The van der Waals surface area contributed by atoms with E-state index in [4.69, 9.17) is 4.42 Å². The number of nitrogens with zero attached hydrogens (tertiary/aromatic N) is 1. The third-order valence-electron chi connectivity index (χ3n) is 4.43. The molecule has 1 aromatic heterocycles. The van der Waals surface area contributed by atoms with E-state index in [0.29, 0.717) is 11.1 Å². The standard InChI is InChI=1S/C22H15BrF2N2O3S/c23-16-5-11-19(12-6-16)31(28,29)22-21(26-13-14-1-7-17(24)8-2-14)30-20(27-22)15-3-9-18(25)10-4-15/h1-12,26H,13H2. The molecule has 1 heterocycles. The summed E-state index contributed by atoms with van der Waals surface area (Å²) in [5.74, 6) is -0.850. The Morgan fingerprint density at radius 3 is 2.06 bits per heavy atom. The summed E-state index contributed by atoms with van der Waals surface area (Å²) in [4.78, 5) is 4.24. The van der Waals surface area contributed by atoms with Crippen molar-refractivity contribution in [2.75, 3.05) is 5.32 Å². The zero-order valence-electron chi connectivity index (χ0n) is 15.8. The lowest BCUT2D eigenvalue weighted by molar-refractivity contribution is 0.576. The minimum absolute atomic E-state index is 0.0253. The molecule has 3 aromatic carbocycles. The Bertz CT molecular complexity index is 1300. The van der Waals surface area contributed by atoms with E-state index in [0.717, 1.165) is 4.47 Å². The van der Waals surface area contributed by atoms with Gasteiger partial charge in [0.1, 0.15) is 11.6 Å². The van der Waals surface area contributed by atoms with Gasteiger partial charge in [0.05, 0.1) is 4.90 Å². The average Bonchev–Trinajstić information content (AvgIpc) is 3.19. The second kappa shape index (κ2) is 8.60. The first-order valence-electron chi connectivity index (χ1n) is 9.09. The van der Waals surface area contributed by atoms with Crippen LogP contribution in [-0.2, 0) is 16.4 Å². The number of aromatic nitrogens is 1. The molecule has 0 aliphatic carbocycles. The van der Waals surface area contributed by atoms with E-state index in [-0.39, 0.29) is 34.1 Å². The number of rotatable bonds is 6. The average molecular weight is 505 g/mol. The molecule has 4 rings (SSSR count). The van der Waals surface area contributed by atoms with Crippen LogP contribution in [0.3, 0.4) is 0 Å². The summed E-state index contributed by atoms with van der Waals surface area (Å²) < 4.78 is 59.3. The van der Waals surface area contributed by atoms with Gasteiger partial charge in [-0.3, -0.25) is 0 Å². The monoisotopic (exact) mass is 504 g/mol. The summed E-state index contributed by atoms with van der Waals surface area (Å²) in [7, 11) is -4.02.